The van der Waals surface area contributed by atoms with Gasteiger partial charge in [-0.25, -0.2) is 5.90 Å². The second-order valence-electron chi connectivity index (χ2n) is 5.71. The van der Waals surface area contributed by atoms with Gasteiger partial charge in [0.15, 0.2) is 0 Å². The Morgan fingerprint density at radius 1 is 1.21 bits per heavy atom. The van der Waals surface area contributed by atoms with Crippen LogP contribution < -0.4 is 16.5 Å². The zero-order chi connectivity index (χ0) is 17.7. The van der Waals surface area contributed by atoms with Crippen molar-refractivity contribution in [2.45, 2.75) is 33.5 Å². The summed E-state index contributed by atoms with van der Waals surface area (Å²) in [4.78, 5) is 15.6. The van der Waals surface area contributed by atoms with Crippen molar-refractivity contribution in [3.05, 3.63) is 63.2 Å². The summed E-state index contributed by atoms with van der Waals surface area (Å²) in [6, 6.07) is 11.0. The van der Waals surface area contributed by atoms with Crippen molar-refractivity contribution in [3.8, 4) is 0 Å². The second-order valence-corrected chi connectivity index (χ2v) is 5.71. The van der Waals surface area contributed by atoms with Crippen LogP contribution in [0.15, 0.2) is 36.4 Å². The van der Waals surface area contributed by atoms with E-state index in [-0.39, 0.29) is 11.9 Å². The molecule has 0 saturated carbocycles. The molecule has 0 aliphatic carbocycles. The minimum Gasteiger partial charge on any atom is -0.350 e. The quantitative estimate of drug-likeness (QED) is 0.409. The molecule has 128 valence electrons. The van der Waals surface area contributed by atoms with Gasteiger partial charge in [0.1, 0.15) is 11.9 Å². The highest BCUT2D eigenvalue weighted by Crippen LogP contribution is 2.30. The van der Waals surface area contributed by atoms with Crippen LogP contribution in [-0.2, 0) is 11.4 Å². The van der Waals surface area contributed by atoms with Crippen molar-refractivity contribution >= 4 is 17.1 Å². The largest absolute Gasteiger partial charge is 0.350 e. The van der Waals surface area contributed by atoms with Crippen molar-refractivity contribution < 1.29 is 9.76 Å². The van der Waals surface area contributed by atoms with Gasteiger partial charge in [0.05, 0.1) is 4.92 Å². The number of nitrogens with two attached hydrogens (primary N) is 1. The van der Waals surface area contributed by atoms with E-state index in [1.54, 1.807) is 19.1 Å². The lowest BCUT2D eigenvalue weighted by atomic mass is 10.1. The molecular formula is C17H22N4O3. The van der Waals surface area contributed by atoms with Crippen LogP contribution in [0.5, 0.6) is 0 Å². The van der Waals surface area contributed by atoms with Gasteiger partial charge in [-0.05, 0) is 44.0 Å². The van der Waals surface area contributed by atoms with Crippen LogP contribution in [0.1, 0.15) is 23.6 Å². The van der Waals surface area contributed by atoms with Gasteiger partial charge >= 0.3 is 0 Å². The lowest BCUT2D eigenvalue weighted by molar-refractivity contribution is -0.384. The summed E-state index contributed by atoms with van der Waals surface area (Å²) >= 11 is 0. The normalized spacial score (nSPS) is 12.0. The molecule has 7 heteroatoms. The molecule has 0 amide bonds. The maximum Gasteiger partial charge on any atom is 0.292 e. The van der Waals surface area contributed by atoms with E-state index in [1.165, 1.54) is 0 Å². The van der Waals surface area contributed by atoms with E-state index in [4.69, 9.17) is 5.90 Å². The third kappa shape index (κ3) is 4.51. The van der Waals surface area contributed by atoms with Crippen LogP contribution in [-0.4, -0.2) is 11.2 Å². The van der Waals surface area contributed by atoms with Crippen molar-refractivity contribution in [2.75, 3.05) is 5.32 Å². The minimum absolute atomic E-state index is 0.0237. The number of rotatable bonds is 7. The topological polar surface area (TPSA) is 102 Å². The van der Waals surface area contributed by atoms with Crippen molar-refractivity contribution in [3.63, 3.8) is 0 Å². The maximum atomic E-state index is 11.4. The van der Waals surface area contributed by atoms with Gasteiger partial charge in [-0.3, -0.25) is 20.3 Å². The molecule has 24 heavy (non-hydrogen) atoms. The number of nitrogens with one attached hydrogen (secondary N) is 2. The molecule has 1 unspecified atom stereocenters. The summed E-state index contributed by atoms with van der Waals surface area (Å²) < 4.78 is 0. The van der Waals surface area contributed by atoms with E-state index in [1.807, 2.05) is 38.1 Å². The molecule has 0 saturated heterocycles. The van der Waals surface area contributed by atoms with Gasteiger partial charge in [-0.2, -0.15) is 0 Å². The van der Waals surface area contributed by atoms with E-state index in [0.717, 1.165) is 22.4 Å². The van der Waals surface area contributed by atoms with Gasteiger partial charge in [-0.1, -0.05) is 23.8 Å². The van der Waals surface area contributed by atoms with E-state index >= 15 is 0 Å². The minimum atomic E-state index is -0.391. The standard InChI is InChI=1S/C17H22N4O3/c1-11-4-6-15(12(2)8-11)20-16-7-5-14(9-17(16)21(22)23)10-19-13(3)24-18/h4-9,13,19-20H,10,18H2,1-3H3. The molecule has 0 fully saturated rings. The summed E-state index contributed by atoms with van der Waals surface area (Å²) in [6.07, 6.45) is -0.336. The first-order chi connectivity index (χ1) is 11.4. The highest BCUT2D eigenvalue weighted by atomic mass is 16.6. The van der Waals surface area contributed by atoms with Gasteiger partial charge < -0.3 is 5.32 Å². The Hall–Kier alpha value is -2.48. The highest BCUT2D eigenvalue weighted by molar-refractivity contribution is 5.71. The predicted molar refractivity (Wildman–Crippen MR) is 93.9 cm³/mol. The molecule has 0 bridgehead atoms. The summed E-state index contributed by atoms with van der Waals surface area (Å²) in [7, 11) is 0. The van der Waals surface area contributed by atoms with E-state index in [2.05, 4.69) is 15.5 Å². The number of anilines is 2. The monoisotopic (exact) mass is 330 g/mol. The van der Waals surface area contributed by atoms with Gasteiger partial charge in [-0.15, -0.1) is 0 Å². The second kappa shape index (κ2) is 7.87. The Labute approximate surface area is 140 Å². The van der Waals surface area contributed by atoms with Crippen molar-refractivity contribution in [2.24, 2.45) is 5.90 Å². The lowest BCUT2D eigenvalue weighted by Gasteiger charge is -2.13. The molecule has 0 aliphatic heterocycles. The fraction of sp³-hybridized carbons (Fsp3) is 0.294. The molecule has 0 radical (unpaired) electrons. The third-order valence-corrected chi connectivity index (χ3v) is 3.71. The molecule has 7 nitrogen and oxygen atoms in total. The number of aryl methyl sites for hydroxylation is 2. The zero-order valence-electron chi connectivity index (χ0n) is 14.0. The molecular weight excluding hydrogens is 308 g/mol. The van der Waals surface area contributed by atoms with Crippen LogP contribution in [0.4, 0.5) is 17.1 Å². The van der Waals surface area contributed by atoms with Crippen LogP contribution in [0.25, 0.3) is 0 Å². The smallest absolute Gasteiger partial charge is 0.292 e. The van der Waals surface area contributed by atoms with Crippen LogP contribution in [0.3, 0.4) is 0 Å². The summed E-state index contributed by atoms with van der Waals surface area (Å²) in [5.41, 5.74) is 4.28. The summed E-state index contributed by atoms with van der Waals surface area (Å²) in [5.74, 6) is 5.07. The maximum absolute atomic E-state index is 11.4. The molecule has 2 aromatic rings. The zero-order valence-corrected chi connectivity index (χ0v) is 14.0. The molecule has 4 N–H and O–H groups in total. The van der Waals surface area contributed by atoms with Crippen LogP contribution in [0, 0.1) is 24.0 Å². The molecule has 0 heterocycles. The predicted octanol–water partition coefficient (Wildman–Crippen LogP) is 3.28. The third-order valence-electron chi connectivity index (χ3n) is 3.71. The fourth-order valence-corrected chi connectivity index (χ4v) is 2.35. The molecule has 0 aromatic heterocycles. The number of hydrogen-bond acceptors (Lipinski definition) is 6. The fourth-order valence-electron chi connectivity index (χ4n) is 2.35. The van der Waals surface area contributed by atoms with Crippen molar-refractivity contribution in [1.82, 2.24) is 5.32 Å². The molecule has 2 aromatic carbocycles. The SMILES string of the molecule is Cc1ccc(Nc2ccc(CNC(C)ON)cc2[N+](=O)[O-])c(C)c1. The van der Waals surface area contributed by atoms with E-state index < -0.39 is 4.92 Å². The van der Waals surface area contributed by atoms with Gasteiger partial charge in [0.25, 0.3) is 5.69 Å². The number of nitro benzene ring substituents is 1. The lowest BCUT2D eigenvalue weighted by Crippen LogP contribution is -2.30. The highest BCUT2D eigenvalue weighted by Gasteiger charge is 2.16. The Morgan fingerprint density at radius 2 is 1.92 bits per heavy atom. The van der Waals surface area contributed by atoms with Crippen LogP contribution in [0.2, 0.25) is 0 Å². The number of benzene rings is 2. The summed E-state index contributed by atoms with van der Waals surface area (Å²) in [5, 5.41) is 17.6. The molecule has 1 atom stereocenters. The first-order valence-electron chi connectivity index (χ1n) is 7.61. The van der Waals surface area contributed by atoms with Crippen molar-refractivity contribution in [1.29, 1.82) is 0 Å². The average Bonchev–Trinajstić information content (AvgIpc) is 2.55. The Kier molecular flexibility index (Phi) is 5.86. The Balaban J connectivity index is 2.24. The first-order valence-corrected chi connectivity index (χ1v) is 7.61. The Morgan fingerprint density at radius 3 is 2.54 bits per heavy atom. The average molecular weight is 330 g/mol. The molecule has 2 rings (SSSR count). The first kappa shape index (κ1) is 17.9. The van der Waals surface area contributed by atoms with E-state index in [9.17, 15) is 10.1 Å². The number of nitro groups is 1. The Bertz CT molecular complexity index is 734. The van der Waals surface area contributed by atoms with Crippen LogP contribution >= 0.6 is 0 Å². The molecule has 0 spiro atoms. The summed E-state index contributed by atoms with van der Waals surface area (Å²) in [6.45, 7) is 6.15. The van der Waals surface area contributed by atoms with Gasteiger partial charge in [0.2, 0.25) is 0 Å². The molecule has 0 aliphatic rings. The van der Waals surface area contributed by atoms with Gasteiger partial charge in [0, 0.05) is 18.3 Å². The number of hydrogen-bond donors (Lipinski definition) is 3. The van der Waals surface area contributed by atoms with E-state index in [0.29, 0.717) is 12.2 Å². The number of nitrogens with zero attached hydrogens (tertiary/aromatic N) is 1.